The number of nitrogens with two attached hydrogens (primary N) is 1. The molecule has 4 rings (SSSR count). The minimum atomic E-state index is 0.140. The largest absolute Gasteiger partial charge is 0.383 e. The Balaban J connectivity index is 1.30. The number of nitrogen functional groups attached to an aromatic ring is 1. The van der Waals surface area contributed by atoms with Gasteiger partial charge in [0, 0.05) is 36.5 Å². The highest BCUT2D eigenvalue weighted by Gasteiger charge is 2.22. The fraction of sp³-hybridized carbons (Fsp3) is 0.286. The first-order valence-corrected chi connectivity index (χ1v) is 10.8. The van der Waals surface area contributed by atoms with Crippen LogP contribution in [0.1, 0.15) is 5.82 Å². The molecule has 2 N–H and O–H groups in total. The van der Waals surface area contributed by atoms with Gasteiger partial charge >= 0.3 is 0 Å². The Morgan fingerprint density at radius 1 is 1.03 bits per heavy atom. The Labute approximate surface area is 179 Å². The second kappa shape index (κ2) is 8.98. The Kier molecular flexibility index (Phi) is 6.18. The maximum absolute atomic E-state index is 12.5. The molecule has 1 amide bonds. The van der Waals surface area contributed by atoms with Crippen LogP contribution in [-0.2, 0) is 11.3 Å². The minimum Gasteiger partial charge on any atom is -0.383 e. The number of benzene rings is 2. The van der Waals surface area contributed by atoms with E-state index in [1.165, 1.54) is 11.8 Å². The van der Waals surface area contributed by atoms with Crippen molar-refractivity contribution >= 4 is 46.0 Å². The van der Waals surface area contributed by atoms with Crippen molar-refractivity contribution in [3.8, 4) is 0 Å². The van der Waals surface area contributed by atoms with Crippen molar-refractivity contribution in [2.45, 2.75) is 11.4 Å². The predicted molar refractivity (Wildman–Crippen MR) is 118 cm³/mol. The number of hydrogen-bond donors (Lipinski definition) is 1. The molecule has 2 heterocycles. The fourth-order valence-electron chi connectivity index (χ4n) is 3.37. The van der Waals surface area contributed by atoms with Crippen molar-refractivity contribution in [3.63, 3.8) is 0 Å². The topological polar surface area (TPSA) is 75.3 Å². The number of para-hydroxylation sites is 1. The van der Waals surface area contributed by atoms with Crippen molar-refractivity contribution in [3.05, 3.63) is 59.4 Å². The zero-order chi connectivity index (χ0) is 20.2. The van der Waals surface area contributed by atoms with E-state index in [1.807, 2.05) is 53.4 Å². The number of halogens is 1. The molecular formula is C21H22ClN5OS. The van der Waals surface area contributed by atoms with Crippen LogP contribution in [0.5, 0.6) is 0 Å². The van der Waals surface area contributed by atoms with E-state index in [0.717, 1.165) is 34.7 Å². The van der Waals surface area contributed by atoms with Crippen LogP contribution in [0.3, 0.4) is 0 Å². The number of carbonyl (C=O) groups excluding carboxylic acids is 1. The molecule has 1 saturated heterocycles. The Morgan fingerprint density at radius 2 is 1.76 bits per heavy atom. The fourth-order valence-corrected chi connectivity index (χ4v) is 4.51. The standard InChI is InChI=1S/C21H22ClN5OS/c22-16-6-2-4-8-18(16)29-14-20(28)27-11-9-26(10-12-27)13-19-24-17-7-3-1-5-15(17)21(23)25-19/h1-8H,9-14H2,(H2,23,24,25). The minimum absolute atomic E-state index is 0.140. The summed E-state index contributed by atoms with van der Waals surface area (Å²) in [5, 5.41) is 1.56. The van der Waals surface area contributed by atoms with Gasteiger partial charge in [-0.15, -0.1) is 11.8 Å². The molecule has 0 unspecified atom stereocenters. The molecule has 1 fully saturated rings. The summed E-state index contributed by atoms with van der Waals surface area (Å²) < 4.78 is 0. The van der Waals surface area contributed by atoms with E-state index >= 15 is 0 Å². The number of aromatic nitrogens is 2. The summed E-state index contributed by atoms with van der Waals surface area (Å²) in [4.78, 5) is 26.7. The maximum Gasteiger partial charge on any atom is 0.233 e. The second-order valence-electron chi connectivity index (χ2n) is 6.92. The Bertz CT molecular complexity index is 1020. The lowest BCUT2D eigenvalue weighted by atomic mass is 10.2. The van der Waals surface area contributed by atoms with Gasteiger partial charge in [0.05, 0.1) is 22.8 Å². The number of amides is 1. The highest BCUT2D eigenvalue weighted by Crippen LogP contribution is 2.27. The van der Waals surface area contributed by atoms with Gasteiger partial charge in [0.2, 0.25) is 5.91 Å². The third-order valence-corrected chi connectivity index (χ3v) is 6.46. The predicted octanol–water partition coefficient (Wildman–Crippen LogP) is 3.30. The van der Waals surface area contributed by atoms with Crippen molar-refractivity contribution in [1.29, 1.82) is 0 Å². The third kappa shape index (κ3) is 4.80. The van der Waals surface area contributed by atoms with Crippen LogP contribution in [0, 0.1) is 0 Å². The molecule has 0 bridgehead atoms. The SMILES string of the molecule is Nc1nc(CN2CCN(C(=O)CSc3ccccc3Cl)CC2)nc2ccccc12. The molecule has 1 aliphatic heterocycles. The highest BCUT2D eigenvalue weighted by atomic mass is 35.5. The van der Waals surface area contributed by atoms with Gasteiger partial charge in [-0.25, -0.2) is 9.97 Å². The highest BCUT2D eigenvalue weighted by molar-refractivity contribution is 8.00. The van der Waals surface area contributed by atoms with Crippen LogP contribution >= 0.6 is 23.4 Å². The molecule has 0 saturated carbocycles. The van der Waals surface area contributed by atoms with Crippen molar-refractivity contribution in [1.82, 2.24) is 19.8 Å². The quantitative estimate of drug-likeness (QED) is 0.629. The molecule has 0 spiro atoms. The number of fused-ring (bicyclic) bond motifs is 1. The molecule has 0 aliphatic carbocycles. The summed E-state index contributed by atoms with van der Waals surface area (Å²) in [6, 6.07) is 15.4. The van der Waals surface area contributed by atoms with Gasteiger partial charge < -0.3 is 10.6 Å². The summed E-state index contributed by atoms with van der Waals surface area (Å²) in [6.45, 7) is 3.61. The number of hydrogen-bond acceptors (Lipinski definition) is 6. The molecule has 29 heavy (non-hydrogen) atoms. The summed E-state index contributed by atoms with van der Waals surface area (Å²) >= 11 is 7.65. The number of thioether (sulfide) groups is 1. The van der Waals surface area contributed by atoms with Crippen molar-refractivity contribution in [2.24, 2.45) is 0 Å². The van der Waals surface area contributed by atoms with Crippen LogP contribution < -0.4 is 5.73 Å². The van der Waals surface area contributed by atoms with Gasteiger partial charge in [-0.2, -0.15) is 0 Å². The van der Waals surface area contributed by atoms with Crippen LogP contribution in [-0.4, -0.2) is 57.6 Å². The monoisotopic (exact) mass is 427 g/mol. The molecule has 2 aromatic carbocycles. The van der Waals surface area contributed by atoms with E-state index in [2.05, 4.69) is 14.9 Å². The number of piperazine rings is 1. The molecule has 8 heteroatoms. The Hall–Kier alpha value is -2.35. The van der Waals surface area contributed by atoms with Gasteiger partial charge in [0.25, 0.3) is 0 Å². The zero-order valence-corrected chi connectivity index (χ0v) is 17.5. The molecule has 3 aromatic rings. The van der Waals surface area contributed by atoms with E-state index in [-0.39, 0.29) is 5.91 Å². The number of anilines is 1. The van der Waals surface area contributed by atoms with E-state index in [4.69, 9.17) is 17.3 Å². The van der Waals surface area contributed by atoms with E-state index < -0.39 is 0 Å². The summed E-state index contributed by atoms with van der Waals surface area (Å²) in [6.07, 6.45) is 0. The van der Waals surface area contributed by atoms with E-state index in [1.54, 1.807) is 0 Å². The number of carbonyl (C=O) groups is 1. The van der Waals surface area contributed by atoms with E-state index in [9.17, 15) is 4.79 Å². The molecule has 1 aliphatic rings. The first-order chi connectivity index (χ1) is 14.1. The first-order valence-electron chi connectivity index (χ1n) is 9.49. The summed E-state index contributed by atoms with van der Waals surface area (Å²) in [5.41, 5.74) is 6.94. The van der Waals surface area contributed by atoms with Crippen molar-refractivity contribution in [2.75, 3.05) is 37.7 Å². The lowest BCUT2D eigenvalue weighted by Crippen LogP contribution is -2.49. The number of rotatable bonds is 5. The molecule has 0 atom stereocenters. The average molecular weight is 428 g/mol. The smallest absolute Gasteiger partial charge is 0.233 e. The average Bonchev–Trinajstić information content (AvgIpc) is 2.73. The maximum atomic E-state index is 12.5. The molecule has 6 nitrogen and oxygen atoms in total. The van der Waals surface area contributed by atoms with Crippen LogP contribution in [0.2, 0.25) is 5.02 Å². The van der Waals surface area contributed by atoms with Gasteiger partial charge in [-0.1, -0.05) is 35.9 Å². The second-order valence-corrected chi connectivity index (χ2v) is 8.34. The lowest BCUT2D eigenvalue weighted by molar-refractivity contribution is -0.130. The van der Waals surface area contributed by atoms with Crippen molar-refractivity contribution < 1.29 is 4.79 Å². The number of nitrogens with zero attached hydrogens (tertiary/aromatic N) is 4. The summed E-state index contributed by atoms with van der Waals surface area (Å²) in [7, 11) is 0. The van der Waals surface area contributed by atoms with Crippen LogP contribution in [0.25, 0.3) is 10.9 Å². The van der Waals surface area contributed by atoms with Gasteiger partial charge in [-0.05, 0) is 24.3 Å². The third-order valence-electron chi connectivity index (χ3n) is 4.96. The summed E-state index contributed by atoms with van der Waals surface area (Å²) in [5.74, 6) is 1.76. The molecule has 150 valence electrons. The van der Waals surface area contributed by atoms with Gasteiger partial charge in [-0.3, -0.25) is 9.69 Å². The first kappa shape index (κ1) is 19.9. The molecule has 0 radical (unpaired) electrons. The van der Waals surface area contributed by atoms with Gasteiger partial charge in [0.1, 0.15) is 11.6 Å². The van der Waals surface area contributed by atoms with Crippen LogP contribution in [0.4, 0.5) is 5.82 Å². The van der Waals surface area contributed by atoms with Gasteiger partial charge in [0.15, 0.2) is 0 Å². The molecule has 1 aromatic heterocycles. The molecular weight excluding hydrogens is 406 g/mol. The zero-order valence-electron chi connectivity index (χ0n) is 15.9. The Morgan fingerprint density at radius 3 is 2.55 bits per heavy atom. The van der Waals surface area contributed by atoms with E-state index in [0.29, 0.717) is 36.2 Å². The normalized spacial score (nSPS) is 15.0. The lowest BCUT2D eigenvalue weighted by Gasteiger charge is -2.34. The van der Waals surface area contributed by atoms with Crippen LogP contribution in [0.15, 0.2) is 53.4 Å².